The van der Waals surface area contributed by atoms with Gasteiger partial charge in [-0.05, 0) is 30.0 Å². The number of hydrogen-bond donors (Lipinski definition) is 2. The predicted molar refractivity (Wildman–Crippen MR) is 87.7 cm³/mol. The summed E-state index contributed by atoms with van der Waals surface area (Å²) >= 11 is 0. The Hall–Kier alpha value is -0.980. The molecule has 2 heterocycles. The van der Waals surface area contributed by atoms with Gasteiger partial charge in [-0.1, -0.05) is 12.1 Å². The fraction of sp³-hybridized carbons (Fsp3) is 0.500. The molecule has 4 nitrogen and oxygen atoms in total. The molecule has 0 radical (unpaired) electrons. The SMILES string of the molecule is I.c1cc2c(cc1CCNC1=NCCCN1)CCO2. The van der Waals surface area contributed by atoms with Crippen molar-refractivity contribution in [1.29, 1.82) is 0 Å². The maximum Gasteiger partial charge on any atom is 0.191 e. The summed E-state index contributed by atoms with van der Waals surface area (Å²) in [6.45, 7) is 3.72. The Morgan fingerprint density at radius 3 is 3.16 bits per heavy atom. The van der Waals surface area contributed by atoms with Crippen LogP contribution in [0.4, 0.5) is 0 Å². The van der Waals surface area contributed by atoms with Gasteiger partial charge in [-0.3, -0.25) is 4.99 Å². The topological polar surface area (TPSA) is 45.7 Å². The number of guanidine groups is 1. The van der Waals surface area contributed by atoms with E-state index in [4.69, 9.17) is 4.74 Å². The number of hydrogen-bond acceptors (Lipinski definition) is 4. The van der Waals surface area contributed by atoms with Gasteiger partial charge in [0, 0.05) is 26.1 Å². The summed E-state index contributed by atoms with van der Waals surface area (Å²) < 4.78 is 5.51. The van der Waals surface area contributed by atoms with Gasteiger partial charge >= 0.3 is 0 Å². The zero-order chi connectivity index (χ0) is 12.2. The molecule has 0 fully saturated rings. The van der Waals surface area contributed by atoms with Crippen LogP contribution >= 0.6 is 24.0 Å². The molecular weight excluding hydrogens is 353 g/mol. The highest BCUT2D eigenvalue weighted by Crippen LogP contribution is 2.25. The molecule has 1 aromatic carbocycles. The quantitative estimate of drug-likeness (QED) is 0.794. The minimum Gasteiger partial charge on any atom is -0.493 e. The van der Waals surface area contributed by atoms with Crippen LogP contribution in [0, 0.1) is 0 Å². The highest BCUT2D eigenvalue weighted by Gasteiger charge is 2.11. The molecule has 0 atom stereocenters. The molecule has 2 aliphatic heterocycles. The monoisotopic (exact) mass is 373 g/mol. The van der Waals surface area contributed by atoms with Crippen molar-refractivity contribution in [3.05, 3.63) is 29.3 Å². The van der Waals surface area contributed by atoms with E-state index >= 15 is 0 Å². The molecule has 19 heavy (non-hydrogen) atoms. The van der Waals surface area contributed by atoms with Gasteiger partial charge in [-0.2, -0.15) is 0 Å². The van der Waals surface area contributed by atoms with Crippen molar-refractivity contribution in [1.82, 2.24) is 10.6 Å². The average Bonchev–Trinajstić information content (AvgIpc) is 2.87. The standard InChI is InChI=1S/C14H19N3O.HI/c1-6-15-14(16-7-1)17-8-4-11-2-3-13-12(10-11)5-9-18-13;/h2-3,10H,1,4-9H2,(H2,15,16,17);1H. The van der Waals surface area contributed by atoms with Gasteiger partial charge in [-0.15, -0.1) is 24.0 Å². The molecule has 0 unspecified atom stereocenters. The molecule has 5 heteroatoms. The van der Waals surface area contributed by atoms with Gasteiger partial charge in [0.1, 0.15) is 5.75 Å². The zero-order valence-electron chi connectivity index (χ0n) is 10.9. The molecule has 0 aliphatic carbocycles. The third kappa shape index (κ3) is 3.75. The van der Waals surface area contributed by atoms with Crippen LogP contribution in [0.2, 0.25) is 0 Å². The van der Waals surface area contributed by atoms with Gasteiger partial charge < -0.3 is 15.4 Å². The van der Waals surface area contributed by atoms with Crippen LogP contribution in [0.5, 0.6) is 5.75 Å². The summed E-state index contributed by atoms with van der Waals surface area (Å²) in [6, 6.07) is 6.51. The Balaban J connectivity index is 0.00000133. The van der Waals surface area contributed by atoms with E-state index in [1.165, 1.54) is 11.1 Å². The molecule has 2 aliphatic rings. The van der Waals surface area contributed by atoms with Gasteiger partial charge in [0.25, 0.3) is 0 Å². The van der Waals surface area contributed by atoms with Crippen LogP contribution in [0.15, 0.2) is 23.2 Å². The van der Waals surface area contributed by atoms with Crippen LogP contribution in [-0.2, 0) is 12.8 Å². The van der Waals surface area contributed by atoms with E-state index in [9.17, 15) is 0 Å². The second kappa shape index (κ2) is 6.98. The van der Waals surface area contributed by atoms with Crippen molar-refractivity contribution in [2.75, 3.05) is 26.2 Å². The van der Waals surface area contributed by atoms with E-state index in [0.29, 0.717) is 0 Å². The first-order valence-corrected chi connectivity index (χ1v) is 6.68. The molecule has 0 saturated heterocycles. The largest absolute Gasteiger partial charge is 0.493 e. The lowest BCUT2D eigenvalue weighted by atomic mass is 10.1. The van der Waals surface area contributed by atoms with Gasteiger partial charge in [0.2, 0.25) is 0 Å². The molecular formula is C14H20IN3O. The van der Waals surface area contributed by atoms with Crippen molar-refractivity contribution in [2.45, 2.75) is 19.3 Å². The van der Waals surface area contributed by atoms with Crippen molar-refractivity contribution in [2.24, 2.45) is 4.99 Å². The Morgan fingerprint density at radius 2 is 2.32 bits per heavy atom. The van der Waals surface area contributed by atoms with E-state index in [0.717, 1.165) is 57.2 Å². The summed E-state index contributed by atoms with van der Waals surface area (Å²) in [5, 5.41) is 6.61. The highest BCUT2D eigenvalue weighted by atomic mass is 127. The van der Waals surface area contributed by atoms with Gasteiger partial charge in [-0.25, -0.2) is 0 Å². The van der Waals surface area contributed by atoms with E-state index in [1.54, 1.807) is 0 Å². The maximum absolute atomic E-state index is 5.51. The number of fused-ring (bicyclic) bond motifs is 1. The summed E-state index contributed by atoms with van der Waals surface area (Å²) in [6.07, 6.45) is 3.20. The first-order chi connectivity index (χ1) is 8.92. The van der Waals surface area contributed by atoms with E-state index < -0.39 is 0 Å². The molecule has 104 valence electrons. The average molecular weight is 373 g/mol. The van der Waals surface area contributed by atoms with Crippen LogP contribution in [0.1, 0.15) is 17.5 Å². The smallest absolute Gasteiger partial charge is 0.191 e. The zero-order valence-corrected chi connectivity index (χ0v) is 13.3. The predicted octanol–water partition coefficient (Wildman–Crippen LogP) is 1.72. The first kappa shape index (κ1) is 14.4. The summed E-state index contributed by atoms with van der Waals surface area (Å²) in [7, 11) is 0. The number of rotatable bonds is 3. The third-order valence-corrected chi connectivity index (χ3v) is 3.36. The third-order valence-electron chi connectivity index (χ3n) is 3.36. The lowest BCUT2D eigenvalue weighted by molar-refractivity contribution is 0.357. The number of ether oxygens (including phenoxy) is 1. The molecule has 0 bridgehead atoms. The minimum absolute atomic E-state index is 0. The Morgan fingerprint density at radius 1 is 1.37 bits per heavy atom. The van der Waals surface area contributed by atoms with Gasteiger partial charge in [0.15, 0.2) is 5.96 Å². The van der Waals surface area contributed by atoms with Crippen molar-refractivity contribution in [3.63, 3.8) is 0 Å². The van der Waals surface area contributed by atoms with Crippen molar-refractivity contribution < 1.29 is 4.74 Å². The first-order valence-electron chi connectivity index (χ1n) is 6.68. The fourth-order valence-corrected chi connectivity index (χ4v) is 2.37. The summed E-state index contributed by atoms with van der Waals surface area (Å²) in [4.78, 5) is 4.39. The Kier molecular flexibility index (Phi) is 5.30. The van der Waals surface area contributed by atoms with E-state index in [-0.39, 0.29) is 24.0 Å². The minimum atomic E-state index is 0. The highest BCUT2D eigenvalue weighted by molar-refractivity contribution is 14.0. The lowest BCUT2D eigenvalue weighted by Gasteiger charge is -2.16. The fourth-order valence-electron chi connectivity index (χ4n) is 2.37. The number of benzene rings is 1. The molecule has 2 N–H and O–H groups in total. The van der Waals surface area contributed by atoms with Crippen molar-refractivity contribution in [3.8, 4) is 5.75 Å². The second-order valence-electron chi connectivity index (χ2n) is 4.73. The van der Waals surface area contributed by atoms with Crippen LogP contribution in [-0.4, -0.2) is 32.2 Å². The van der Waals surface area contributed by atoms with Crippen LogP contribution in [0.3, 0.4) is 0 Å². The number of nitrogens with zero attached hydrogens (tertiary/aromatic N) is 1. The molecule has 0 spiro atoms. The molecule has 0 amide bonds. The summed E-state index contributed by atoms with van der Waals surface area (Å²) in [5.74, 6) is 2.01. The van der Waals surface area contributed by atoms with Crippen molar-refractivity contribution >= 4 is 29.9 Å². The Bertz CT molecular complexity index is 462. The Labute approximate surface area is 131 Å². The van der Waals surface area contributed by atoms with E-state index in [2.05, 4.69) is 33.8 Å². The molecule has 1 aromatic rings. The molecule has 0 aromatic heterocycles. The van der Waals surface area contributed by atoms with Crippen LogP contribution in [0.25, 0.3) is 0 Å². The second-order valence-corrected chi connectivity index (χ2v) is 4.73. The number of aliphatic imine (C=N–C) groups is 1. The number of halogens is 1. The number of nitrogens with one attached hydrogen (secondary N) is 2. The lowest BCUT2D eigenvalue weighted by Crippen LogP contribution is -2.41. The molecule has 3 rings (SSSR count). The molecule has 0 saturated carbocycles. The maximum atomic E-state index is 5.51. The summed E-state index contributed by atoms with van der Waals surface area (Å²) in [5.41, 5.74) is 2.71. The van der Waals surface area contributed by atoms with Crippen LogP contribution < -0.4 is 15.4 Å². The van der Waals surface area contributed by atoms with Gasteiger partial charge in [0.05, 0.1) is 6.61 Å². The van der Waals surface area contributed by atoms with E-state index in [1.807, 2.05) is 0 Å². The normalized spacial score (nSPS) is 16.5.